The van der Waals surface area contributed by atoms with Gasteiger partial charge in [-0.15, -0.1) is 0 Å². The molecule has 0 aliphatic rings. The molecule has 9 nitrogen and oxygen atoms in total. The molecule has 134 valence electrons. The minimum absolute atomic E-state index is 0.0923. The Bertz CT molecular complexity index is 840. The number of thiazole rings is 1. The Kier molecular flexibility index (Phi) is 6.04. The van der Waals surface area contributed by atoms with Gasteiger partial charge in [0.1, 0.15) is 16.4 Å². The van der Waals surface area contributed by atoms with E-state index in [0.29, 0.717) is 5.69 Å². The SMILES string of the molecule is COC(=O)c1sc(NC(=O)CS(=O)Cc2ccc(C(=O)O)o2)nc1C. The largest absolute Gasteiger partial charge is 0.475 e. The average Bonchev–Trinajstić information content (AvgIpc) is 3.13. The van der Waals surface area contributed by atoms with Gasteiger partial charge in [-0.2, -0.15) is 0 Å². The summed E-state index contributed by atoms with van der Waals surface area (Å²) in [6.07, 6.45) is 0. The van der Waals surface area contributed by atoms with Gasteiger partial charge < -0.3 is 19.6 Å². The third-order valence-corrected chi connectivity index (χ3v) is 5.13. The maximum absolute atomic E-state index is 12.0. The molecule has 0 bridgehead atoms. The number of esters is 1. The zero-order chi connectivity index (χ0) is 18.6. The molecule has 0 aliphatic heterocycles. The van der Waals surface area contributed by atoms with Crippen LogP contribution in [0.15, 0.2) is 16.5 Å². The number of ether oxygens (including phenoxy) is 1. The Morgan fingerprint density at radius 2 is 2.12 bits per heavy atom. The molecule has 0 aromatic carbocycles. The van der Waals surface area contributed by atoms with Crippen LogP contribution in [0.4, 0.5) is 5.13 Å². The van der Waals surface area contributed by atoms with E-state index in [-0.39, 0.29) is 33.0 Å². The molecule has 2 N–H and O–H groups in total. The molecule has 2 heterocycles. The van der Waals surface area contributed by atoms with Crippen molar-refractivity contribution in [2.45, 2.75) is 12.7 Å². The van der Waals surface area contributed by atoms with E-state index in [2.05, 4.69) is 15.0 Å². The topological polar surface area (TPSA) is 136 Å². The van der Waals surface area contributed by atoms with Crippen LogP contribution in [0.5, 0.6) is 0 Å². The number of aryl methyl sites for hydroxylation is 1. The first-order valence-corrected chi connectivity index (χ1v) is 9.13. The predicted molar refractivity (Wildman–Crippen MR) is 89.2 cm³/mol. The normalized spacial score (nSPS) is 11.8. The van der Waals surface area contributed by atoms with E-state index in [9.17, 15) is 18.6 Å². The van der Waals surface area contributed by atoms with Crippen LogP contribution in [0, 0.1) is 6.92 Å². The number of hydrogen-bond donors (Lipinski definition) is 2. The van der Waals surface area contributed by atoms with Gasteiger partial charge in [-0.05, 0) is 19.1 Å². The van der Waals surface area contributed by atoms with Gasteiger partial charge in [0.2, 0.25) is 11.7 Å². The van der Waals surface area contributed by atoms with Crippen LogP contribution in [0.25, 0.3) is 0 Å². The van der Waals surface area contributed by atoms with Crippen LogP contribution in [0.1, 0.15) is 31.7 Å². The first-order chi connectivity index (χ1) is 11.8. The molecule has 0 radical (unpaired) electrons. The van der Waals surface area contributed by atoms with Gasteiger partial charge in [0.25, 0.3) is 0 Å². The molecule has 1 atom stereocenters. The lowest BCUT2D eigenvalue weighted by Crippen LogP contribution is -2.20. The van der Waals surface area contributed by atoms with Crippen LogP contribution < -0.4 is 5.32 Å². The van der Waals surface area contributed by atoms with Crippen LogP contribution >= 0.6 is 11.3 Å². The summed E-state index contributed by atoms with van der Waals surface area (Å²) in [5, 5.41) is 11.4. The smallest absolute Gasteiger partial charge is 0.371 e. The third kappa shape index (κ3) is 4.97. The van der Waals surface area contributed by atoms with E-state index in [1.54, 1.807) is 6.92 Å². The van der Waals surface area contributed by atoms with Crippen LogP contribution in [0.3, 0.4) is 0 Å². The van der Waals surface area contributed by atoms with Crippen molar-refractivity contribution in [1.82, 2.24) is 4.98 Å². The van der Waals surface area contributed by atoms with E-state index < -0.39 is 28.6 Å². The Labute approximate surface area is 148 Å². The lowest BCUT2D eigenvalue weighted by Gasteiger charge is -2.01. The molecular weight excluding hydrogens is 372 g/mol. The summed E-state index contributed by atoms with van der Waals surface area (Å²) in [5.74, 6) is -2.79. The monoisotopic (exact) mass is 386 g/mol. The predicted octanol–water partition coefficient (Wildman–Crippen LogP) is 1.42. The Morgan fingerprint density at radius 3 is 2.72 bits per heavy atom. The average molecular weight is 386 g/mol. The number of aromatic carboxylic acids is 1. The Balaban J connectivity index is 1.92. The standard InChI is InChI=1S/C14H14N2O7S2/c1-7-11(13(20)22-2)24-14(15-7)16-10(17)6-25(21)5-8-3-4-9(23-8)12(18)19/h3-4H,5-6H2,1-2H3,(H,18,19)(H,15,16,17). The minimum Gasteiger partial charge on any atom is -0.475 e. The van der Waals surface area contributed by atoms with Crippen molar-refractivity contribution in [2.75, 3.05) is 18.2 Å². The van der Waals surface area contributed by atoms with Gasteiger partial charge in [0.15, 0.2) is 5.13 Å². The fourth-order valence-electron chi connectivity index (χ4n) is 1.81. The summed E-state index contributed by atoms with van der Waals surface area (Å²) in [6, 6.07) is 2.65. The molecule has 25 heavy (non-hydrogen) atoms. The second kappa shape index (κ2) is 8.03. The minimum atomic E-state index is -1.60. The van der Waals surface area contributed by atoms with E-state index in [4.69, 9.17) is 9.52 Å². The number of amides is 1. The van der Waals surface area contributed by atoms with Crippen LogP contribution in [-0.2, 0) is 26.1 Å². The van der Waals surface area contributed by atoms with Gasteiger partial charge in [-0.25, -0.2) is 14.6 Å². The molecule has 2 rings (SSSR count). The lowest BCUT2D eigenvalue weighted by molar-refractivity contribution is -0.113. The van der Waals surface area contributed by atoms with E-state index >= 15 is 0 Å². The highest BCUT2D eigenvalue weighted by molar-refractivity contribution is 7.84. The number of carboxylic acid groups (broad SMARTS) is 1. The van der Waals surface area contributed by atoms with Crippen molar-refractivity contribution in [3.05, 3.63) is 34.2 Å². The molecule has 11 heteroatoms. The number of carbonyl (C=O) groups excluding carboxylic acids is 2. The van der Waals surface area contributed by atoms with Gasteiger partial charge in [-0.1, -0.05) is 11.3 Å². The van der Waals surface area contributed by atoms with E-state index in [1.165, 1.54) is 19.2 Å². The van der Waals surface area contributed by atoms with Crippen LogP contribution in [0.2, 0.25) is 0 Å². The van der Waals surface area contributed by atoms with Gasteiger partial charge in [-0.3, -0.25) is 9.00 Å². The number of carbonyl (C=O) groups is 3. The molecular formula is C14H14N2O7S2. The molecule has 2 aromatic rings. The lowest BCUT2D eigenvalue weighted by atomic mass is 10.4. The second-order valence-corrected chi connectivity index (χ2v) is 7.23. The number of furan rings is 1. The summed E-state index contributed by atoms with van der Waals surface area (Å²) in [5.41, 5.74) is 0.421. The second-order valence-electron chi connectivity index (χ2n) is 4.77. The van der Waals surface area contributed by atoms with Gasteiger partial charge in [0, 0.05) is 10.8 Å². The fraction of sp³-hybridized carbons (Fsp3) is 0.286. The number of aromatic nitrogens is 1. The van der Waals surface area contributed by atoms with Crippen molar-refractivity contribution in [3.8, 4) is 0 Å². The van der Waals surface area contributed by atoms with Crippen LogP contribution in [-0.4, -0.2) is 45.0 Å². The highest BCUT2D eigenvalue weighted by atomic mass is 32.2. The number of rotatable bonds is 7. The molecule has 1 amide bonds. The number of hydrogen-bond acceptors (Lipinski definition) is 8. The van der Waals surface area contributed by atoms with Crippen molar-refractivity contribution in [3.63, 3.8) is 0 Å². The first-order valence-electron chi connectivity index (χ1n) is 6.82. The number of methoxy groups -OCH3 is 1. The molecule has 0 fully saturated rings. The maximum Gasteiger partial charge on any atom is 0.371 e. The van der Waals surface area contributed by atoms with Crippen molar-refractivity contribution in [1.29, 1.82) is 0 Å². The highest BCUT2D eigenvalue weighted by Crippen LogP contribution is 2.23. The van der Waals surface area contributed by atoms with Crippen molar-refractivity contribution >= 4 is 45.1 Å². The molecule has 0 aliphatic carbocycles. The molecule has 1 unspecified atom stereocenters. The quantitative estimate of drug-likeness (QED) is 0.682. The summed E-state index contributed by atoms with van der Waals surface area (Å²) in [4.78, 5) is 38.4. The number of nitrogens with one attached hydrogen (secondary N) is 1. The molecule has 0 saturated heterocycles. The summed E-state index contributed by atoms with van der Waals surface area (Å²) < 4.78 is 21.6. The Hall–Kier alpha value is -2.53. The molecule has 0 spiro atoms. The van der Waals surface area contributed by atoms with Gasteiger partial charge >= 0.3 is 11.9 Å². The summed E-state index contributed by atoms with van der Waals surface area (Å²) in [7, 11) is -0.354. The van der Waals surface area contributed by atoms with E-state index in [0.717, 1.165) is 11.3 Å². The fourth-order valence-corrected chi connectivity index (χ4v) is 3.65. The highest BCUT2D eigenvalue weighted by Gasteiger charge is 2.18. The first kappa shape index (κ1) is 18.8. The maximum atomic E-state index is 12.0. The van der Waals surface area contributed by atoms with E-state index in [1.807, 2.05) is 0 Å². The summed E-state index contributed by atoms with van der Waals surface area (Å²) in [6.45, 7) is 1.60. The number of anilines is 1. The summed E-state index contributed by atoms with van der Waals surface area (Å²) >= 11 is 0.958. The third-order valence-electron chi connectivity index (χ3n) is 2.88. The van der Waals surface area contributed by atoms with Gasteiger partial charge in [0.05, 0.1) is 18.6 Å². The molecule has 0 saturated carbocycles. The zero-order valence-corrected chi connectivity index (χ0v) is 14.9. The van der Waals surface area contributed by atoms with Crippen molar-refractivity contribution in [2.24, 2.45) is 0 Å². The number of nitrogens with zero attached hydrogens (tertiary/aromatic N) is 1. The number of carboxylic acids is 1. The molecule has 2 aromatic heterocycles. The Morgan fingerprint density at radius 1 is 1.40 bits per heavy atom. The zero-order valence-electron chi connectivity index (χ0n) is 13.2. The van der Waals surface area contributed by atoms with Crippen molar-refractivity contribution < 1.29 is 32.9 Å².